The van der Waals surface area contributed by atoms with Crippen molar-refractivity contribution in [3.05, 3.63) is 18.0 Å². The van der Waals surface area contributed by atoms with Gasteiger partial charge in [-0.1, -0.05) is 6.92 Å². The Balaban J connectivity index is 1.63. The van der Waals surface area contributed by atoms with Crippen LogP contribution in [0.4, 0.5) is 0 Å². The van der Waals surface area contributed by atoms with Gasteiger partial charge in [0.15, 0.2) is 5.78 Å². The molecule has 1 aromatic heterocycles. The molecule has 20 heavy (non-hydrogen) atoms. The third-order valence-corrected chi connectivity index (χ3v) is 4.71. The van der Waals surface area contributed by atoms with Crippen LogP contribution in [0.2, 0.25) is 0 Å². The Bertz CT molecular complexity index is 476. The second-order valence-electron chi connectivity index (χ2n) is 6.04. The summed E-state index contributed by atoms with van der Waals surface area (Å²) in [5.41, 5.74) is 0.910. The number of hydrogen-bond acceptors (Lipinski definition) is 4. The first kappa shape index (κ1) is 13.8. The number of nitrogens with zero attached hydrogens (tertiary/aromatic N) is 4. The van der Waals surface area contributed by atoms with E-state index in [4.69, 9.17) is 0 Å². The van der Waals surface area contributed by atoms with Gasteiger partial charge in [0.1, 0.15) is 0 Å². The van der Waals surface area contributed by atoms with Gasteiger partial charge in [-0.05, 0) is 19.4 Å². The SMILES string of the molecule is CCC(C)n1ccc(CC(=O)C2CN3CCN2CC3)n1. The summed E-state index contributed by atoms with van der Waals surface area (Å²) in [6, 6.07) is 2.48. The Morgan fingerprint density at radius 3 is 2.75 bits per heavy atom. The summed E-state index contributed by atoms with van der Waals surface area (Å²) in [4.78, 5) is 17.2. The second-order valence-corrected chi connectivity index (χ2v) is 6.04. The van der Waals surface area contributed by atoms with Crippen molar-refractivity contribution in [1.82, 2.24) is 19.6 Å². The highest BCUT2D eigenvalue weighted by Crippen LogP contribution is 2.18. The predicted molar refractivity (Wildman–Crippen MR) is 77.7 cm³/mol. The van der Waals surface area contributed by atoms with Gasteiger partial charge < -0.3 is 0 Å². The molecule has 0 amide bonds. The van der Waals surface area contributed by atoms with Crippen molar-refractivity contribution in [2.24, 2.45) is 0 Å². The van der Waals surface area contributed by atoms with E-state index in [-0.39, 0.29) is 6.04 Å². The van der Waals surface area contributed by atoms with Crippen molar-refractivity contribution in [3.8, 4) is 0 Å². The van der Waals surface area contributed by atoms with Gasteiger partial charge in [-0.15, -0.1) is 0 Å². The largest absolute Gasteiger partial charge is 0.299 e. The molecule has 0 N–H and O–H groups in total. The van der Waals surface area contributed by atoms with Crippen molar-refractivity contribution >= 4 is 5.78 Å². The Morgan fingerprint density at radius 2 is 2.15 bits per heavy atom. The summed E-state index contributed by atoms with van der Waals surface area (Å²) < 4.78 is 1.97. The minimum atomic E-state index is 0.0891. The monoisotopic (exact) mass is 276 g/mol. The van der Waals surface area contributed by atoms with Gasteiger partial charge in [-0.2, -0.15) is 5.10 Å². The fraction of sp³-hybridized carbons (Fsp3) is 0.733. The van der Waals surface area contributed by atoms with Crippen molar-refractivity contribution < 1.29 is 4.79 Å². The van der Waals surface area contributed by atoms with Gasteiger partial charge in [0.25, 0.3) is 0 Å². The molecule has 2 unspecified atom stereocenters. The lowest BCUT2D eigenvalue weighted by atomic mass is 10.0. The molecule has 4 heterocycles. The molecule has 3 aliphatic rings. The molecule has 2 bridgehead atoms. The Morgan fingerprint density at radius 1 is 1.40 bits per heavy atom. The Kier molecular flexibility index (Phi) is 3.89. The van der Waals surface area contributed by atoms with Crippen molar-refractivity contribution in [3.63, 3.8) is 0 Å². The molecular weight excluding hydrogens is 252 g/mol. The predicted octanol–water partition coefficient (Wildman–Crippen LogP) is 0.966. The third-order valence-electron chi connectivity index (χ3n) is 4.71. The fourth-order valence-corrected chi connectivity index (χ4v) is 3.12. The topological polar surface area (TPSA) is 41.4 Å². The minimum Gasteiger partial charge on any atom is -0.299 e. The van der Waals surface area contributed by atoms with E-state index in [1.807, 2.05) is 16.9 Å². The van der Waals surface area contributed by atoms with E-state index in [1.165, 1.54) is 0 Å². The highest BCUT2D eigenvalue weighted by Gasteiger charge is 2.36. The maximum Gasteiger partial charge on any atom is 0.157 e. The van der Waals surface area contributed by atoms with Crippen LogP contribution in [0.1, 0.15) is 32.0 Å². The Hall–Kier alpha value is -1.20. The maximum atomic E-state index is 12.5. The number of aromatic nitrogens is 2. The second kappa shape index (κ2) is 5.66. The van der Waals surface area contributed by atoms with Gasteiger partial charge in [0.05, 0.1) is 18.2 Å². The molecule has 3 saturated heterocycles. The van der Waals surface area contributed by atoms with Crippen molar-refractivity contribution in [2.45, 2.75) is 38.8 Å². The van der Waals surface area contributed by atoms with Crippen LogP contribution in [0.15, 0.2) is 12.3 Å². The summed E-state index contributed by atoms with van der Waals surface area (Å²) in [6.45, 7) is 9.52. The first-order valence-electron chi connectivity index (χ1n) is 7.70. The maximum absolute atomic E-state index is 12.5. The molecule has 0 saturated carbocycles. The van der Waals surface area contributed by atoms with Crippen LogP contribution in [0.5, 0.6) is 0 Å². The lowest BCUT2D eigenvalue weighted by Gasteiger charge is -2.46. The van der Waals surface area contributed by atoms with Crippen LogP contribution < -0.4 is 0 Å². The molecule has 0 aromatic carbocycles. The van der Waals surface area contributed by atoms with Crippen molar-refractivity contribution in [1.29, 1.82) is 0 Å². The zero-order chi connectivity index (χ0) is 14.1. The number of piperazine rings is 3. The van der Waals surface area contributed by atoms with E-state index in [9.17, 15) is 4.79 Å². The smallest absolute Gasteiger partial charge is 0.157 e. The van der Waals surface area contributed by atoms with E-state index >= 15 is 0 Å². The molecule has 0 spiro atoms. The summed E-state index contributed by atoms with van der Waals surface area (Å²) in [5, 5.41) is 4.54. The van der Waals surface area contributed by atoms with Crippen molar-refractivity contribution in [2.75, 3.05) is 32.7 Å². The molecule has 0 aliphatic carbocycles. The standard InChI is InChI=1S/C15H24N4O/c1-3-12(2)19-5-4-13(16-19)10-15(20)14-11-17-6-8-18(14)9-7-17/h4-5,12,14H,3,6-11H2,1-2H3. The van der Waals surface area contributed by atoms with Crippen LogP contribution in [0, 0.1) is 0 Å². The quantitative estimate of drug-likeness (QED) is 0.803. The molecule has 5 heteroatoms. The normalized spacial score (nSPS) is 30.4. The average Bonchev–Trinajstić information content (AvgIpc) is 2.96. The first-order chi connectivity index (χ1) is 9.67. The fourth-order valence-electron chi connectivity index (χ4n) is 3.12. The zero-order valence-electron chi connectivity index (χ0n) is 12.5. The number of ketones is 1. The summed E-state index contributed by atoms with van der Waals surface area (Å²) in [7, 11) is 0. The van der Waals surface area contributed by atoms with E-state index in [0.717, 1.165) is 44.8 Å². The number of rotatable bonds is 5. The number of carbonyl (C=O) groups excluding carboxylic acids is 1. The van der Waals surface area contributed by atoms with Crippen LogP contribution in [0.25, 0.3) is 0 Å². The highest BCUT2D eigenvalue weighted by atomic mass is 16.1. The molecular formula is C15H24N4O. The van der Waals surface area contributed by atoms with E-state index in [0.29, 0.717) is 18.2 Å². The number of Topliss-reactive ketones (excluding diaryl/α,β-unsaturated/α-hetero) is 1. The molecule has 0 radical (unpaired) electrons. The first-order valence-corrected chi connectivity index (χ1v) is 7.70. The molecule has 110 valence electrons. The number of carbonyl (C=O) groups is 1. The summed E-state index contributed by atoms with van der Waals surface area (Å²) in [6.07, 6.45) is 3.52. The molecule has 2 atom stereocenters. The summed E-state index contributed by atoms with van der Waals surface area (Å²) >= 11 is 0. The van der Waals surface area contributed by atoms with E-state index < -0.39 is 0 Å². The van der Waals surface area contributed by atoms with Crippen LogP contribution in [-0.2, 0) is 11.2 Å². The zero-order valence-corrected chi connectivity index (χ0v) is 12.5. The molecule has 3 aliphatic heterocycles. The third kappa shape index (κ3) is 2.65. The highest BCUT2D eigenvalue weighted by molar-refractivity contribution is 5.86. The molecule has 5 nitrogen and oxygen atoms in total. The lowest BCUT2D eigenvalue weighted by molar-refractivity contribution is -0.128. The van der Waals surface area contributed by atoms with Gasteiger partial charge >= 0.3 is 0 Å². The number of fused-ring (bicyclic) bond motifs is 3. The van der Waals surface area contributed by atoms with Crippen LogP contribution in [0.3, 0.4) is 0 Å². The van der Waals surface area contributed by atoms with Gasteiger partial charge in [-0.25, -0.2) is 0 Å². The molecule has 3 fully saturated rings. The lowest BCUT2D eigenvalue weighted by Crippen LogP contribution is -2.63. The minimum absolute atomic E-state index is 0.0891. The molecule has 4 rings (SSSR count). The Labute approximate surface area is 120 Å². The van der Waals surface area contributed by atoms with Gasteiger partial charge in [0, 0.05) is 45.0 Å². The van der Waals surface area contributed by atoms with E-state index in [2.05, 4.69) is 28.7 Å². The van der Waals surface area contributed by atoms with E-state index in [1.54, 1.807) is 0 Å². The van der Waals surface area contributed by atoms with Crippen LogP contribution in [-0.4, -0.2) is 64.1 Å². The van der Waals surface area contributed by atoms with Crippen LogP contribution >= 0.6 is 0 Å². The van der Waals surface area contributed by atoms with Gasteiger partial charge in [-0.3, -0.25) is 19.3 Å². The average molecular weight is 276 g/mol. The summed E-state index contributed by atoms with van der Waals surface area (Å²) in [5.74, 6) is 0.323. The molecule has 1 aromatic rings. The van der Waals surface area contributed by atoms with Gasteiger partial charge in [0.2, 0.25) is 0 Å². The number of hydrogen-bond donors (Lipinski definition) is 0.